The van der Waals surface area contributed by atoms with Gasteiger partial charge in [-0.3, -0.25) is 14.9 Å². The van der Waals surface area contributed by atoms with Crippen LogP contribution in [0.2, 0.25) is 0 Å². The van der Waals surface area contributed by atoms with Crippen molar-refractivity contribution in [3.8, 4) is 11.5 Å². The molecule has 0 aliphatic heterocycles. The molecule has 0 unspecified atom stereocenters. The molecule has 1 heterocycles. The molecule has 2 aromatic rings. The van der Waals surface area contributed by atoms with E-state index in [9.17, 15) is 19.7 Å². The maximum Gasteiger partial charge on any atom is 0.345 e. The first kappa shape index (κ1) is 21.4. The van der Waals surface area contributed by atoms with Crippen LogP contribution in [-0.2, 0) is 4.74 Å². The standard InChI is InChI=1S/C21H24N2O7/c1-5-29-20-10-17(23(26)27)16(9-19(20)28-4)21(25)30-11-18(24)15-8-12(2)22(13(15)3)14-6-7-14/h8-10,14H,5-7,11H2,1-4H3. The number of benzene rings is 1. The third-order valence-corrected chi connectivity index (χ3v) is 5.03. The van der Waals surface area contributed by atoms with Crippen molar-refractivity contribution >= 4 is 17.4 Å². The quantitative estimate of drug-likeness (QED) is 0.265. The molecule has 0 spiro atoms. The van der Waals surface area contributed by atoms with Crippen molar-refractivity contribution < 1.29 is 28.7 Å². The van der Waals surface area contributed by atoms with Crippen molar-refractivity contribution in [2.75, 3.05) is 20.3 Å². The number of nitro benzene ring substituents is 1. The molecular formula is C21H24N2O7. The van der Waals surface area contributed by atoms with E-state index in [0.29, 0.717) is 11.6 Å². The molecule has 0 atom stereocenters. The summed E-state index contributed by atoms with van der Waals surface area (Å²) in [6.45, 7) is 5.27. The normalized spacial score (nSPS) is 13.1. The summed E-state index contributed by atoms with van der Waals surface area (Å²) in [7, 11) is 1.36. The molecule has 9 heteroatoms. The Balaban J connectivity index is 1.80. The number of esters is 1. The molecule has 0 radical (unpaired) electrons. The summed E-state index contributed by atoms with van der Waals surface area (Å²) in [6, 6.07) is 4.51. The molecule has 1 saturated carbocycles. The summed E-state index contributed by atoms with van der Waals surface area (Å²) in [5, 5.41) is 11.4. The fraction of sp³-hybridized carbons (Fsp3) is 0.429. The zero-order valence-electron chi connectivity index (χ0n) is 17.4. The van der Waals surface area contributed by atoms with E-state index in [1.807, 2.05) is 13.8 Å². The van der Waals surface area contributed by atoms with Gasteiger partial charge < -0.3 is 18.8 Å². The predicted molar refractivity (Wildman–Crippen MR) is 108 cm³/mol. The van der Waals surface area contributed by atoms with Crippen LogP contribution in [0, 0.1) is 24.0 Å². The van der Waals surface area contributed by atoms with Crippen molar-refractivity contribution in [1.29, 1.82) is 0 Å². The van der Waals surface area contributed by atoms with Gasteiger partial charge in [-0.1, -0.05) is 0 Å². The summed E-state index contributed by atoms with van der Waals surface area (Å²) in [5.41, 5.74) is 1.52. The van der Waals surface area contributed by atoms with E-state index in [1.165, 1.54) is 13.2 Å². The van der Waals surface area contributed by atoms with Crippen LogP contribution in [0.1, 0.15) is 57.9 Å². The number of hydrogen-bond donors (Lipinski definition) is 0. The van der Waals surface area contributed by atoms with Gasteiger partial charge in [-0.15, -0.1) is 0 Å². The van der Waals surface area contributed by atoms with Crippen LogP contribution >= 0.6 is 0 Å². The van der Waals surface area contributed by atoms with Gasteiger partial charge in [-0.2, -0.15) is 0 Å². The van der Waals surface area contributed by atoms with Crippen LogP contribution in [0.15, 0.2) is 18.2 Å². The average Bonchev–Trinajstić information content (AvgIpc) is 3.50. The number of hydrogen-bond acceptors (Lipinski definition) is 7. The number of nitrogens with zero attached hydrogens (tertiary/aromatic N) is 2. The molecule has 30 heavy (non-hydrogen) atoms. The third-order valence-electron chi connectivity index (χ3n) is 5.03. The van der Waals surface area contributed by atoms with Gasteiger partial charge in [-0.25, -0.2) is 4.79 Å². The number of carbonyl (C=O) groups excluding carboxylic acids is 2. The second-order valence-corrected chi connectivity index (χ2v) is 7.10. The van der Waals surface area contributed by atoms with Gasteiger partial charge in [0.2, 0.25) is 5.78 Å². The van der Waals surface area contributed by atoms with Gasteiger partial charge >= 0.3 is 5.97 Å². The van der Waals surface area contributed by atoms with Crippen LogP contribution in [0.3, 0.4) is 0 Å². The minimum absolute atomic E-state index is 0.145. The lowest BCUT2D eigenvalue weighted by molar-refractivity contribution is -0.385. The zero-order valence-corrected chi connectivity index (χ0v) is 17.4. The van der Waals surface area contributed by atoms with Crippen LogP contribution in [0.25, 0.3) is 0 Å². The smallest absolute Gasteiger partial charge is 0.345 e. The molecule has 1 aliphatic rings. The Morgan fingerprint density at radius 2 is 1.87 bits per heavy atom. The first-order valence-electron chi connectivity index (χ1n) is 9.66. The highest BCUT2D eigenvalue weighted by Gasteiger charge is 2.29. The van der Waals surface area contributed by atoms with Gasteiger partial charge in [0.15, 0.2) is 18.1 Å². The molecule has 1 aromatic carbocycles. The molecule has 0 N–H and O–H groups in total. The molecule has 1 aromatic heterocycles. The number of nitro groups is 1. The number of aryl methyl sites for hydroxylation is 1. The molecule has 0 saturated heterocycles. The minimum Gasteiger partial charge on any atom is -0.493 e. The van der Waals surface area contributed by atoms with Gasteiger partial charge in [-0.05, 0) is 39.7 Å². The van der Waals surface area contributed by atoms with E-state index in [-0.39, 0.29) is 29.5 Å². The van der Waals surface area contributed by atoms with E-state index < -0.39 is 23.2 Å². The van der Waals surface area contributed by atoms with Gasteiger partial charge in [0, 0.05) is 29.1 Å². The lowest BCUT2D eigenvalue weighted by Crippen LogP contribution is -2.16. The monoisotopic (exact) mass is 416 g/mol. The Hall–Kier alpha value is -3.36. The lowest BCUT2D eigenvalue weighted by atomic mass is 10.1. The van der Waals surface area contributed by atoms with Crippen molar-refractivity contribution in [1.82, 2.24) is 4.57 Å². The van der Waals surface area contributed by atoms with E-state index >= 15 is 0 Å². The highest BCUT2D eigenvalue weighted by Crippen LogP contribution is 2.38. The first-order valence-corrected chi connectivity index (χ1v) is 9.66. The molecule has 1 aliphatic carbocycles. The van der Waals surface area contributed by atoms with Crippen LogP contribution in [-0.4, -0.2) is 41.6 Å². The number of ketones is 1. The fourth-order valence-corrected chi connectivity index (χ4v) is 3.53. The van der Waals surface area contributed by atoms with Gasteiger partial charge in [0.1, 0.15) is 5.56 Å². The average molecular weight is 416 g/mol. The van der Waals surface area contributed by atoms with Crippen LogP contribution < -0.4 is 9.47 Å². The Kier molecular flexibility index (Phi) is 6.09. The zero-order chi connectivity index (χ0) is 22.0. The van der Waals surface area contributed by atoms with E-state index in [1.54, 1.807) is 13.0 Å². The molecular weight excluding hydrogens is 392 g/mol. The summed E-state index contributed by atoms with van der Waals surface area (Å²) in [4.78, 5) is 35.9. The fourth-order valence-electron chi connectivity index (χ4n) is 3.53. The van der Waals surface area contributed by atoms with E-state index in [0.717, 1.165) is 30.3 Å². The molecule has 1 fully saturated rings. The number of carbonyl (C=O) groups is 2. The highest BCUT2D eigenvalue weighted by molar-refractivity contribution is 6.01. The number of methoxy groups -OCH3 is 1. The second-order valence-electron chi connectivity index (χ2n) is 7.10. The molecule has 3 rings (SSSR count). The Labute approximate surface area is 173 Å². The maximum absolute atomic E-state index is 12.6. The van der Waals surface area contributed by atoms with Crippen molar-refractivity contribution in [3.05, 3.63) is 50.8 Å². The molecule has 0 amide bonds. The lowest BCUT2D eigenvalue weighted by Gasteiger charge is -2.11. The second kappa shape index (κ2) is 8.56. The Morgan fingerprint density at radius 3 is 2.43 bits per heavy atom. The minimum atomic E-state index is -0.979. The number of Topliss-reactive ketones (excluding diaryl/α,β-unsaturated/α-hetero) is 1. The third kappa shape index (κ3) is 4.14. The number of ether oxygens (including phenoxy) is 3. The van der Waals surface area contributed by atoms with E-state index in [2.05, 4.69) is 4.57 Å². The molecule has 0 bridgehead atoms. The van der Waals surface area contributed by atoms with Crippen molar-refractivity contribution in [2.45, 2.75) is 39.7 Å². The Morgan fingerprint density at radius 1 is 1.17 bits per heavy atom. The van der Waals surface area contributed by atoms with Gasteiger partial charge in [0.25, 0.3) is 5.69 Å². The molecule has 160 valence electrons. The van der Waals surface area contributed by atoms with Crippen molar-refractivity contribution in [3.63, 3.8) is 0 Å². The predicted octanol–water partition coefficient (Wildman–Crippen LogP) is 3.80. The van der Waals surface area contributed by atoms with Crippen LogP contribution in [0.5, 0.6) is 11.5 Å². The van der Waals surface area contributed by atoms with Gasteiger partial charge in [0.05, 0.1) is 24.7 Å². The van der Waals surface area contributed by atoms with E-state index in [4.69, 9.17) is 14.2 Å². The summed E-state index contributed by atoms with van der Waals surface area (Å²) in [5.74, 6) is -1.03. The summed E-state index contributed by atoms with van der Waals surface area (Å²) >= 11 is 0. The summed E-state index contributed by atoms with van der Waals surface area (Å²) in [6.07, 6.45) is 2.17. The van der Waals surface area contributed by atoms with Crippen molar-refractivity contribution in [2.24, 2.45) is 0 Å². The first-order chi connectivity index (χ1) is 14.3. The number of aromatic nitrogens is 1. The largest absolute Gasteiger partial charge is 0.493 e. The maximum atomic E-state index is 12.6. The Bertz CT molecular complexity index is 1010. The van der Waals surface area contributed by atoms with Crippen LogP contribution in [0.4, 0.5) is 5.69 Å². The summed E-state index contributed by atoms with van der Waals surface area (Å²) < 4.78 is 17.7. The highest BCUT2D eigenvalue weighted by atomic mass is 16.6. The SMILES string of the molecule is CCOc1cc([N+](=O)[O-])c(C(=O)OCC(=O)c2cc(C)n(C3CC3)c2C)cc1OC. The topological polar surface area (TPSA) is 110 Å². The number of rotatable bonds is 9. The molecule has 9 nitrogen and oxygen atoms in total.